The van der Waals surface area contributed by atoms with Crippen LogP contribution in [0.1, 0.15) is 42.0 Å². The van der Waals surface area contributed by atoms with E-state index in [9.17, 15) is 22.8 Å². The Hall–Kier alpha value is -2.12. The molecule has 1 amide bonds. The molecule has 0 saturated heterocycles. The number of nitrogens with one attached hydrogen (secondary N) is 1. The number of halogens is 3. The van der Waals surface area contributed by atoms with Gasteiger partial charge in [0.15, 0.2) is 0 Å². The molecule has 1 heterocycles. The molecule has 22 heavy (non-hydrogen) atoms. The number of pyridine rings is 1. The number of carboxylic acid groups (broad SMARTS) is 1. The molecule has 1 rings (SSSR count). The van der Waals surface area contributed by atoms with Crippen molar-refractivity contribution in [2.75, 3.05) is 6.54 Å². The molecule has 2 N–H and O–H groups in total. The van der Waals surface area contributed by atoms with E-state index in [2.05, 4.69) is 10.3 Å². The molecule has 0 aliphatic rings. The van der Waals surface area contributed by atoms with Gasteiger partial charge in [-0.3, -0.25) is 9.59 Å². The first-order valence-corrected chi connectivity index (χ1v) is 6.51. The van der Waals surface area contributed by atoms with Gasteiger partial charge in [0.1, 0.15) is 5.69 Å². The number of carbonyl (C=O) groups is 2. The number of carbonyl (C=O) groups excluding carboxylic acids is 1. The van der Waals surface area contributed by atoms with Gasteiger partial charge < -0.3 is 10.4 Å². The predicted molar refractivity (Wildman–Crippen MR) is 72.3 cm³/mol. The number of amides is 1. The Morgan fingerprint density at radius 2 is 1.86 bits per heavy atom. The molecule has 0 fully saturated rings. The summed E-state index contributed by atoms with van der Waals surface area (Å²) in [6, 6.07) is 1.80. The number of hydrogen-bond donors (Lipinski definition) is 2. The van der Waals surface area contributed by atoms with Gasteiger partial charge in [-0.15, -0.1) is 0 Å². The standard InChI is InChI=1S/C14H17F3N2O3/c1-8-9(4-5-10(19-8)14(15,16)17)11(20)18-7-6-13(2,3)12(21)22/h4-5H,6-7H2,1-3H3,(H,18,20)(H,21,22). The van der Waals surface area contributed by atoms with E-state index in [1.54, 1.807) is 0 Å². The lowest BCUT2D eigenvalue weighted by atomic mass is 9.90. The minimum Gasteiger partial charge on any atom is -0.481 e. The molecule has 0 bridgehead atoms. The summed E-state index contributed by atoms with van der Waals surface area (Å²) in [4.78, 5) is 26.2. The molecule has 8 heteroatoms. The second kappa shape index (κ2) is 6.33. The van der Waals surface area contributed by atoms with Crippen molar-refractivity contribution in [2.45, 2.75) is 33.4 Å². The minimum atomic E-state index is -4.56. The maximum absolute atomic E-state index is 12.5. The van der Waals surface area contributed by atoms with Crippen LogP contribution in [0.3, 0.4) is 0 Å². The highest BCUT2D eigenvalue weighted by Crippen LogP contribution is 2.28. The Morgan fingerprint density at radius 1 is 1.27 bits per heavy atom. The van der Waals surface area contributed by atoms with Crippen LogP contribution in [0.15, 0.2) is 12.1 Å². The molecule has 0 saturated carbocycles. The van der Waals surface area contributed by atoms with E-state index in [0.29, 0.717) is 0 Å². The normalized spacial score (nSPS) is 12.1. The molecule has 1 aromatic rings. The third-order valence-electron chi connectivity index (χ3n) is 3.24. The summed E-state index contributed by atoms with van der Waals surface area (Å²) in [5.41, 5.74) is -2.07. The van der Waals surface area contributed by atoms with Crippen LogP contribution in [0.2, 0.25) is 0 Å². The number of hydrogen-bond acceptors (Lipinski definition) is 3. The molecule has 0 spiro atoms. The number of aryl methyl sites for hydroxylation is 1. The van der Waals surface area contributed by atoms with E-state index < -0.39 is 29.2 Å². The maximum atomic E-state index is 12.5. The smallest absolute Gasteiger partial charge is 0.433 e. The quantitative estimate of drug-likeness (QED) is 0.875. The highest BCUT2D eigenvalue weighted by Gasteiger charge is 2.33. The summed E-state index contributed by atoms with van der Waals surface area (Å²) in [6.07, 6.45) is -4.37. The Balaban J connectivity index is 2.73. The summed E-state index contributed by atoms with van der Waals surface area (Å²) < 4.78 is 37.5. The number of aliphatic carboxylic acids is 1. The summed E-state index contributed by atoms with van der Waals surface area (Å²) in [5, 5.41) is 11.4. The van der Waals surface area contributed by atoms with Gasteiger partial charge in [-0.1, -0.05) is 0 Å². The number of nitrogens with zero attached hydrogens (tertiary/aromatic N) is 1. The minimum absolute atomic E-state index is 0.0288. The van der Waals surface area contributed by atoms with Crippen molar-refractivity contribution in [1.82, 2.24) is 10.3 Å². The first-order chi connectivity index (χ1) is 9.95. The zero-order valence-corrected chi connectivity index (χ0v) is 12.4. The van der Waals surface area contributed by atoms with Gasteiger partial charge in [0.25, 0.3) is 5.91 Å². The van der Waals surface area contributed by atoms with Crippen LogP contribution in [-0.2, 0) is 11.0 Å². The van der Waals surface area contributed by atoms with Crippen molar-refractivity contribution >= 4 is 11.9 Å². The van der Waals surface area contributed by atoms with Crippen LogP contribution in [0.25, 0.3) is 0 Å². The summed E-state index contributed by atoms with van der Waals surface area (Å²) in [5.74, 6) is -1.57. The fourth-order valence-corrected chi connectivity index (χ4v) is 1.65. The van der Waals surface area contributed by atoms with Crippen molar-refractivity contribution in [2.24, 2.45) is 5.41 Å². The SMILES string of the molecule is Cc1nc(C(F)(F)F)ccc1C(=O)NCCC(C)(C)C(=O)O. The molecular formula is C14H17F3N2O3. The zero-order chi connectivity index (χ0) is 17.1. The molecule has 0 radical (unpaired) electrons. The third kappa shape index (κ3) is 4.44. The van der Waals surface area contributed by atoms with Crippen molar-refractivity contribution in [3.05, 3.63) is 29.1 Å². The van der Waals surface area contributed by atoms with Crippen LogP contribution in [-0.4, -0.2) is 28.5 Å². The Morgan fingerprint density at radius 3 is 2.32 bits per heavy atom. The summed E-state index contributed by atoms with van der Waals surface area (Å²) >= 11 is 0. The van der Waals surface area contributed by atoms with Crippen LogP contribution in [0.4, 0.5) is 13.2 Å². The lowest BCUT2D eigenvalue weighted by Crippen LogP contribution is -2.32. The van der Waals surface area contributed by atoms with Crippen molar-refractivity contribution < 1.29 is 27.9 Å². The Bertz CT molecular complexity index is 583. The lowest BCUT2D eigenvalue weighted by Gasteiger charge is -2.19. The second-order valence-electron chi connectivity index (χ2n) is 5.52. The van der Waals surface area contributed by atoms with Crippen LogP contribution >= 0.6 is 0 Å². The first kappa shape index (κ1) is 17.9. The van der Waals surface area contributed by atoms with E-state index in [-0.39, 0.29) is 24.2 Å². The average molecular weight is 318 g/mol. The van der Waals surface area contributed by atoms with E-state index >= 15 is 0 Å². The lowest BCUT2D eigenvalue weighted by molar-refractivity contribution is -0.147. The van der Waals surface area contributed by atoms with Crippen LogP contribution in [0, 0.1) is 12.3 Å². The number of alkyl halides is 3. The molecule has 0 aliphatic carbocycles. The van der Waals surface area contributed by atoms with Gasteiger partial charge in [-0.05, 0) is 39.3 Å². The molecule has 0 unspecified atom stereocenters. The Labute approximate surface area is 125 Å². The number of aromatic nitrogens is 1. The largest absolute Gasteiger partial charge is 0.481 e. The second-order valence-corrected chi connectivity index (χ2v) is 5.52. The van der Waals surface area contributed by atoms with Crippen molar-refractivity contribution in [3.8, 4) is 0 Å². The summed E-state index contributed by atoms with van der Waals surface area (Å²) in [7, 11) is 0. The van der Waals surface area contributed by atoms with Gasteiger partial charge in [0, 0.05) is 6.54 Å². The van der Waals surface area contributed by atoms with E-state index in [1.807, 2.05) is 0 Å². The predicted octanol–water partition coefficient (Wildman–Crippen LogP) is 2.64. The van der Waals surface area contributed by atoms with E-state index in [4.69, 9.17) is 5.11 Å². The Kier molecular flexibility index (Phi) is 5.16. The monoisotopic (exact) mass is 318 g/mol. The zero-order valence-electron chi connectivity index (χ0n) is 12.4. The van der Waals surface area contributed by atoms with Gasteiger partial charge in [0.2, 0.25) is 0 Å². The number of rotatable bonds is 5. The van der Waals surface area contributed by atoms with Gasteiger partial charge in [-0.25, -0.2) is 4.98 Å². The van der Waals surface area contributed by atoms with Gasteiger partial charge >= 0.3 is 12.1 Å². The number of carboxylic acids is 1. The topological polar surface area (TPSA) is 79.3 Å². The maximum Gasteiger partial charge on any atom is 0.433 e. The van der Waals surface area contributed by atoms with Crippen LogP contribution in [0.5, 0.6) is 0 Å². The van der Waals surface area contributed by atoms with Gasteiger partial charge in [-0.2, -0.15) is 13.2 Å². The molecule has 5 nitrogen and oxygen atoms in total. The van der Waals surface area contributed by atoms with E-state index in [1.165, 1.54) is 20.8 Å². The highest BCUT2D eigenvalue weighted by molar-refractivity contribution is 5.95. The highest BCUT2D eigenvalue weighted by atomic mass is 19.4. The molecule has 0 aliphatic heterocycles. The van der Waals surface area contributed by atoms with Crippen LogP contribution < -0.4 is 5.32 Å². The van der Waals surface area contributed by atoms with E-state index in [0.717, 1.165) is 12.1 Å². The van der Waals surface area contributed by atoms with Gasteiger partial charge in [0.05, 0.1) is 16.7 Å². The van der Waals surface area contributed by atoms with Crippen molar-refractivity contribution in [3.63, 3.8) is 0 Å². The molecule has 0 atom stereocenters. The molecule has 0 aromatic carbocycles. The fourth-order valence-electron chi connectivity index (χ4n) is 1.65. The molecular weight excluding hydrogens is 301 g/mol. The summed E-state index contributed by atoms with van der Waals surface area (Å²) in [6.45, 7) is 4.45. The third-order valence-corrected chi connectivity index (χ3v) is 3.24. The average Bonchev–Trinajstić information content (AvgIpc) is 2.36. The van der Waals surface area contributed by atoms with Crippen molar-refractivity contribution in [1.29, 1.82) is 0 Å². The first-order valence-electron chi connectivity index (χ1n) is 6.51. The fraction of sp³-hybridized carbons (Fsp3) is 0.500. The molecule has 122 valence electrons. The molecule has 1 aromatic heterocycles.